The van der Waals surface area contributed by atoms with E-state index in [4.69, 9.17) is 4.74 Å². The molecule has 18 heavy (non-hydrogen) atoms. The Bertz CT molecular complexity index is 394. The minimum atomic E-state index is -0.248. The van der Waals surface area contributed by atoms with Gasteiger partial charge in [0.1, 0.15) is 0 Å². The summed E-state index contributed by atoms with van der Waals surface area (Å²) in [5.41, 5.74) is 0.946. The standard InChI is InChI=1S/C13H21N3O2/c1-9(2)18-13-11(6-5-7-15-13)8-16-10(3)12(17)14-4/h5-7,9-10,16H,8H2,1-4H3,(H,14,17). The summed E-state index contributed by atoms with van der Waals surface area (Å²) in [5, 5.41) is 5.73. The molecule has 2 N–H and O–H groups in total. The monoisotopic (exact) mass is 251 g/mol. The van der Waals surface area contributed by atoms with Crippen LogP contribution in [0.2, 0.25) is 0 Å². The summed E-state index contributed by atoms with van der Waals surface area (Å²) in [7, 11) is 1.62. The summed E-state index contributed by atoms with van der Waals surface area (Å²) in [6, 6.07) is 3.55. The van der Waals surface area contributed by atoms with E-state index in [1.807, 2.05) is 32.9 Å². The van der Waals surface area contributed by atoms with Crippen molar-refractivity contribution >= 4 is 5.91 Å². The Hall–Kier alpha value is -1.62. The molecule has 0 aromatic carbocycles. The van der Waals surface area contributed by atoms with Gasteiger partial charge in [-0.15, -0.1) is 0 Å². The number of ether oxygens (including phenoxy) is 1. The third-order valence-electron chi connectivity index (χ3n) is 2.44. The van der Waals surface area contributed by atoms with Crippen LogP contribution in [0.25, 0.3) is 0 Å². The molecule has 5 nitrogen and oxygen atoms in total. The number of likely N-dealkylation sites (N-methyl/N-ethyl adjacent to an activating group) is 1. The van der Waals surface area contributed by atoms with Crippen LogP contribution in [-0.4, -0.2) is 30.1 Å². The lowest BCUT2D eigenvalue weighted by atomic mass is 10.2. The minimum Gasteiger partial charge on any atom is -0.475 e. The lowest BCUT2D eigenvalue weighted by Gasteiger charge is -2.15. The molecule has 0 aliphatic carbocycles. The van der Waals surface area contributed by atoms with Gasteiger partial charge in [0.25, 0.3) is 0 Å². The summed E-state index contributed by atoms with van der Waals surface area (Å²) in [6.07, 6.45) is 1.78. The molecule has 1 aromatic heterocycles. The lowest BCUT2D eigenvalue weighted by molar-refractivity contribution is -0.122. The maximum absolute atomic E-state index is 11.4. The van der Waals surface area contributed by atoms with Crippen molar-refractivity contribution in [2.24, 2.45) is 0 Å². The second-order valence-corrected chi connectivity index (χ2v) is 4.35. The van der Waals surface area contributed by atoms with Gasteiger partial charge >= 0.3 is 0 Å². The fraction of sp³-hybridized carbons (Fsp3) is 0.538. The van der Waals surface area contributed by atoms with E-state index in [2.05, 4.69) is 15.6 Å². The van der Waals surface area contributed by atoms with Crippen LogP contribution in [0.3, 0.4) is 0 Å². The molecular weight excluding hydrogens is 230 g/mol. The van der Waals surface area contributed by atoms with E-state index in [9.17, 15) is 4.79 Å². The smallest absolute Gasteiger partial charge is 0.236 e. The van der Waals surface area contributed by atoms with Gasteiger partial charge in [-0.1, -0.05) is 6.07 Å². The maximum atomic E-state index is 11.4. The van der Waals surface area contributed by atoms with Crippen LogP contribution >= 0.6 is 0 Å². The van der Waals surface area contributed by atoms with Crippen molar-refractivity contribution in [3.8, 4) is 5.88 Å². The maximum Gasteiger partial charge on any atom is 0.236 e. The molecule has 1 unspecified atom stereocenters. The number of nitrogens with one attached hydrogen (secondary N) is 2. The first-order valence-electron chi connectivity index (χ1n) is 6.10. The molecule has 0 saturated heterocycles. The normalized spacial score (nSPS) is 12.3. The first kappa shape index (κ1) is 14.4. The highest BCUT2D eigenvalue weighted by molar-refractivity contribution is 5.80. The summed E-state index contributed by atoms with van der Waals surface area (Å²) in [6.45, 7) is 6.28. The van der Waals surface area contributed by atoms with Gasteiger partial charge in [0.2, 0.25) is 11.8 Å². The fourth-order valence-corrected chi connectivity index (χ4v) is 1.46. The Morgan fingerprint density at radius 1 is 1.44 bits per heavy atom. The zero-order chi connectivity index (χ0) is 13.5. The van der Waals surface area contributed by atoms with Crippen LogP contribution < -0.4 is 15.4 Å². The quantitative estimate of drug-likeness (QED) is 0.794. The van der Waals surface area contributed by atoms with E-state index in [1.165, 1.54) is 0 Å². The number of rotatable bonds is 6. The van der Waals surface area contributed by atoms with Crippen LogP contribution in [0.4, 0.5) is 0 Å². The van der Waals surface area contributed by atoms with Crippen molar-refractivity contribution in [3.05, 3.63) is 23.9 Å². The molecule has 1 aromatic rings. The van der Waals surface area contributed by atoms with Crippen molar-refractivity contribution in [1.29, 1.82) is 0 Å². The van der Waals surface area contributed by atoms with Gasteiger partial charge in [-0.25, -0.2) is 4.98 Å². The molecule has 0 fully saturated rings. The zero-order valence-electron chi connectivity index (χ0n) is 11.4. The highest BCUT2D eigenvalue weighted by atomic mass is 16.5. The van der Waals surface area contributed by atoms with Crippen molar-refractivity contribution in [2.75, 3.05) is 7.05 Å². The van der Waals surface area contributed by atoms with E-state index in [0.717, 1.165) is 5.56 Å². The molecular formula is C13H21N3O2. The summed E-state index contributed by atoms with van der Waals surface area (Å²) >= 11 is 0. The number of nitrogens with zero attached hydrogens (tertiary/aromatic N) is 1. The summed E-state index contributed by atoms with van der Waals surface area (Å²) in [4.78, 5) is 15.6. The van der Waals surface area contributed by atoms with Crippen LogP contribution in [0.5, 0.6) is 5.88 Å². The Morgan fingerprint density at radius 2 is 2.17 bits per heavy atom. The van der Waals surface area contributed by atoms with Gasteiger partial charge in [0, 0.05) is 25.4 Å². The highest BCUT2D eigenvalue weighted by Gasteiger charge is 2.12. The van der Waals surface area contributed by atoms with E-state index in [-0.39, 0.29) is 18.1 Å². The van der Waals surface area contributed by atoms with Gasteiger partial charge < -0.3 is 15.4 Å². The predicted molar refractivity (Wildman–Crippen MR) is 70.4 cm³/mol. The SMILES string of the molecule is CNC(=O)C(C)NCc1cccnc1OC(C)C. The van der Waals surface area contributed by atoms with Crippen molar-refractivity contribution in [1.82, 2.24) is 15.6 Å². The summed E-state index contributed by atoms with van der Waals surface area (Å²) in [5.74, 6) is 0.578. The Morgan fingerprint density at radius 3 is 2.78 bits per heavy atom. The average molecular weight is 251 g/mol. The van der Waals surface area contributed by atoms with E-state index < -0.39 is 0 Å². The van der Waals surface area contributed by atoms with Crippen molar-refractivity contribution in [2.45, 2.75) is 39.5 Å². The molecule has 1 amide bonds. The average Bonchev–Trinajstić information content (AvgIpc) is 2.35. The van der Waals surface area contributed by atoms with Crippen LogP contribution in [0, 0.1) is 0 Å². The van der Waals surface area contributed by atoms with Crippen LogP contribution in [0.15, 0.2) is 18.3 Å². The molecule has 0 radical (unpaired) electrons. The van der Waals surface area contributed by atoms with Crippen LogP contribution in [-0.2, 0) is 11.3 Å². The van der Waals surface area contributed by atoms with Crippen molar-refractivity contribution in [3.63, 3.8) is 0 Å². The number of carbonyl (C=O) groups is 1. The van der Waals surface area contributed by atoms with Crippen LogP contribution in [0.1, 0.15) is 26.3 Å². The van der Waals surface area contributed by atoms with Gasteiger partial charge in [-0.05, 0) is 26.8 Å². The molecule has 5 heteroatoms. The topological polar surface area (TPSA) is 63.2 Å². The fourth-order valence-electron chi connectivity index (χ4n) is 1.46. The van der Waals surface area contributed by atoms with E-state index >= 15 is 0 Å². The molecule has 100 valence electrons. The number of aromatic nitrogens is 1. The number of amides is 1. The van der Waals surface area contributed by atoms with E-state index in [0.29, 0.717) is 12.4 Å². The molecule has 1 rings (SSSR count). The predicted octanol–water partition coefficient (Wildman–Crippen LogP) is 1.09. The molecule has 0 bridgehead atoms. The first-order chi connectivity index (χ1) is 8.54. The number of pyridine rings is 1. The largest absolute Gasteiger partial charge is 0.475 e. The number of hydrogen-bond acceptors (Lipinski definition) is 4. The Labute approximate surface area is 108 Å². The lowest BCUT2D eigenvalue weighted by Crippen LogP contribution is -2.40. The number of carbonyl (C=O) groups excluding carboxylic acids is 1. The summed E-state index contributed by atoms with van der Waals surface area (Å²) < 4.78 is 5.61. The van der Waals surface area contributed by atoms with Crippen molar-refractivity contribution < 1.29 is 9.53 Å². The third-order valence-corrected chi connectivity index (χ3v) is 2.44. The Kier molecular flexibility index (Phi) is 5.58. The number of hydrogen-bond donors (Lipinski definition) is 2. The van der Waals surface area contributed by atoms with Gasteiger partial charge in [0.05, 0.1) is 12.1 Å². The molecule has 0 aliphatic heterocycles. The second-order valence-electron chi connectivity index (χ2n) is 4.35. The molecule has 1 atom stereocenters. The zero-order valence-corrected chi connectivity index (χ0v) is 11.4. The molecule has 0 aliphatic rings. The van der Waals surface area contributed by atoms with Gasteiger partial charge in [-0.3, -0.25) is 4.79 Å². The van der Waals surface area contributed by atoms with E-state index in [1.54, 1.807) is 13.2 Å². The Balaban J connectivity index is 2.64. The second kappa shape index (κ2) is 6.96. The first-order valence-corrected chi connectivity index (χ1v) is 6.10. The third kappa shape index (κ3) is 4.33. The molecule has 0 saturated carbocycles. The molecule has 1 heterocycles. The highest BCUT2D eigenvalue weighted by Crippen LogP contribution is 2.15. The minimum absolute atomic E-state index is 0.0368. The van der Waals surface area contributed by atoms with Gasteiger partial charge in [-0.2, -0.15) is 0 Å². The molecule has 0 spiro atoms. The van der Waals surface area contributed by atoms with Gasteiger partial charge in [0.15, 0.2) is 0 Å².